The Hall–Kier alpha value is -1.10. The molecule has 0 radical (unpaired) electrons. The zero-order valence-corrected chi connectivity index (χ0v) is 12.1. The van der Waals surface area contributed by atoms with Gasteiger partial charge in [-0.2, -0.15) is 0 Å². The summed E-state index contributed by atoms with van der Waals surface area (Å²) in [5.41, 5.74) is 4.97. The molecule has 1 fully saturated rings. The molecule has 0 aromatic rings. The molecule has 0 amide bonds. The van der Waals surface area contributed by atoms with E-state index in [2.05, 4.69) is 0 Å². The van der Waals surface area contributed by atoms with Gasteiger partial charge in [0, 0.05) is 6.54 Å². The van der Waals surface area contributed by atoms with Gasteiger partial charge in [-0.15, -0.1) is 0 Å². The smallest absolute Gasteiger partial charge is 0.311 e. The Labute approximate surface area is 114 Å². The first-order valence-electron chi connectivity index (χ1n) is 6.94. The highest BCUT2D eigenvalue weighted by molar-refractivity contribution is 5.80. The van der Waals surface area contributed by atoms with Crippen molar-refractivity contribution in [1.29, 1.82) is 0 Å². The standard InChI is InChI=1S/C14H25NO4/c1-14(2,3)19-13(17)10(9-15)8-12(16)18-11-6-4-5-7-11/h10-11H,4-9,15H2,1-3H3. The molecule has 0 bridgehead atoms. The molecule has 1 saturated carbocycles. The van der Waals surface area contributed by atoms with Crippen LogP contribution in [0.3, 0.4) is 0 Å². The predicted octanol–water partition coefficient (Wildman–Crippen LogP) is 1.78. The van der Waals surface area contributed by atoms with E-state index in [4.69, 9.17) is 15.2 Å². The number of hydrogen-bond acceptors (Lipinski definition) is 5. The van der Waals surface area contributed by atoms with Crippen LogP contribution >= 0.6 is 0 Å². The van der Waals surface area contributed by atoms with Crippen molar-refractivity contribution in [2.24, 2.45) is 11.7 Å². The summed E-state index contributed by atoms with van der Waals surface area (Å²) in [5.74, 6) is -1.40. The van der Waals surface area contributed by atoms with Crippen LogP contribution in [-0.2, 0) is 19.1 Å². The van der Waals surface area contributed by atoms with Crippen molar-refractivity contribution in [3.8, 4) is 0 Å². The van der Waals surface area contributed by atoms with Crippen molar-refractivity contribution >= 4 is 11.9 Å². The van der Waals surface area contributed by atoms with Crippen LogP contribution in [0.4, 0.5) is 0 Å². The number of rotatable bonds is 5. The maximum absolute atomic E-state index is 11.9. The quantitative estimate of drug-likeness (QED) is 0.771. The molecule has 0 aliphatic heterocycles. The molecule has 0 saturated heterocycles. The number of hydrogen-bond donors (Lipinski definition) is 1. The number of ether oxygens (including phenoxy) is 2. The summed E-state index contributed by atoms with van der Waals surface area (Å²) in [6.07, 6.45) is 4.07. The largest absolute Gasteiger partial charge is 0.462 e. The van der Waals surface area contributed by atoms with Crippen molar-refractivity contribution in [1.82, 2.24) is 0 Å². The maximum atomic E-state index is 11.9. The van der Waals surface area contributed by atoms with Crippen LogP contribution in [0.15, 0.2) is 0 Å². The van der Waals surface area contributed by atoms with Gasteiger partial charge in [-0.25, -0.2) is 0 Å². The lowest BCUT2D eigenvalue weighted by atomic mass is 10.1. The third-order valence-electron chi connectivity index (χ3n) is 3.04. The molecule has 19 heavy (non-hydrogen) atoms. The molecule has 1 aliphatic carbocycles. The van der Waals surface area contributed by atoms with Gasteiger partial charge in [0.2, 0.25) is 0 Å². The summed E-state index contributed by atoms with van der Waals surface area (Å²) in [6, 6.07) is 0. The molecule has 0 aromatic heterocycles. The number of carbonyl (C=O) groups excluding carboxylic acids is 2. The van der Waals surface area contributed by atoms with E-state index in [1.807, 2.05) is 0 Å². The highest BCUT2D eigenvalue weighted by atomic mass is 16.6. The summed E-state index contributed by atoms with van der Waals surface area (Å²) in [5, 5.41) is 0. The van der Waals surface area contributed by atoms with Gasteiger partial charge in [-0.1, -0.05) is 0 Å². The molecule has 1 rings (SSSR count). The molecule has 5 heteroatoms. The third-order valence-corrected chi connectivity index (χ3v) is 3.04. The van der Waals surface area contributed by atoms with Gasteiger partial charge in [0.25, 0.3) is 0 Å². The van der Waals surface area contributed by atoms with Gasteiger partial charge in [0.15, 0.2) is 0 Å². The fourth-order valence-electron chi connectivity index (χ4n) is 2.09. The number of nitrogens with two attached hydrogens (primary N) is 1. The lowest BCUT2D eigenvalue weighted by molar-refractivity contribution is -0.164. The van der Waals surface area contributed by atoms with Gasteiger partial charge in [-0.05, 0) is 46.5 Å². The lowest BCUT2D eigenvalue weighted by Gasteiger charge is -2.23. The molecule has 1 atom stereocenters. The van der Waals surface area contributed by atoms with E-state index >= 15 is 0 Å². The molecule has 5 nitrogen and oxygen atoms in total. The highest BCUT2D eigenvalue weighted by Crippen LogP contribution is 2.22. The molecular formula is C14H25NO4. The minimum Gasteiger partial charge on any atom is -0.462 e. The van der Waals surface area contributed by atoms with Crippen molar-refractivity contribution in [2.45, 2.75) is 64.6 Å². The third kappa shape index (κ3) is 6.05. The monoisotopic (exact) mass is 271 g/mol. The second-order valence-electron chi connectivity index (χ2n) is 6.07. The van der Waals surface area contributed by atoms with Crippen LogP contribution < -0.4 is 5.73 Å². The number of esters is 2. The fraction of sp³-hybridized carbons (Fsp3) is 0.857. The molecule has 2 N–H and O–H groups in total. The molecule has 1 unspecified atom stereocenters. The van der Waals surface area contributed by atoms with Crippen molar-refractivity contribution in [3.05, 3.63) is 0 Å². The average Bonchev–Trinajstić information content (AvgIpc) is 2.75. The van der Waals surface area contributed by atoms with E-state index in [0.717, 1.165) is 25.7 Å². The number of carbonyl (C=O) groups is 2. The summed E-state index contributed by atoms with van der Waals surface area (Å²) < 4.78 is 10.6. The second kappa shape index (κ2) is 6.89. The molecule has 1 aliphatic rings. The van der Waals surface area contributed by atoms with Crippen molar-refractivity contribution in [3.63, 3.8) is 0 Å². The van der Waals surface area contributed by atoms with Crippen LogP contribution in [0.5, 0.6) is 0 Å². The molecule has 110 valence electrons. The summed E-state index contributed by atoms with van der Waals surface area (Å²) in [6.45, 7) is 5.45. The minimum absolute atomic E-state index is 0.00190. The minimum atomic E-state index is -0.617. The van der Waals surface area contributed by atoms with Crippen molar-refractivity contribution in [2.75, 3.05) is 6.54 Å². The Bertz CT molecular complexity index is 316. The Balaban J connectivity index is 2.42. The molecule has 0 spiro atoms. The Kier molecular flexibility index (Phi) is 5.79. The van der Waals surface area contributed by atoms with Crippen LogP contribution in [0, 0.1) is 5.92 Å². The van der Waals surface area contributed by atoms with E-state index in [-0.39, 0.29) is 25.0 Å². The molecule has 0 aromatic carbocycles. The molecule has 0 heterocycles. The van der Waals surface area contributed by atoms with Gasteiger partial charge < -0.3 is 15.2 Å². The van der Waals surface area contributed by atoms with E-state index in [9.17, 15) is 9.59 Å². The van der Waals surface area contributed by atoms with Crippen LogP contribution in [-0.4, -0.2) is 30.2 Å². The second-order valence-corrected chi connectivity index (χ2v) is 6.07. The summed E-state index contributed by atoms with van der Waals surface area (Å²) >= 11 is 0. The Morgan fingerprint density at radius 3 is 2.32 bits per heavy atom. The zero-order chi connectivity index (χ0) is 14.5. The topological polar surface area (TPSA) is 78.6 Å². The zero-order valence-electron chi connectivity index (χ0n) is 12.1. The van der Waals surface area contributed by atoms with Gasteiger partial charge in [0.05, 0.1) is 12.3 Å². The summed E-state index contributed by atoms with van der Waals surface area (Å²) in [7, 11) is 0. The van der Waals surface area contributed by atoms with Crippen LogP contribution in [0.2, 0.25) is 0 Å². The Morgan fingerprint density at radius 1 is 1.26 bits per heavy atom. The summed E-state index contributed by atoms with van der Waals surface area (Å²) in [4.78, 5) is 23.6. The first kappa shape index (κ1) is 16.0. The van der Waals surface area contributed by atoms with Crippen LogP contribution in [0.1, 0.15) is 52.9 Å². The first-order valence-corrected chi connectivity index (χ1v) is 6.94. The van der Waals surface area contributed by atoms with E-state index < -0.39 is 17.5 Å². The average molecular weight is 271 g/mol. The van der Waals surface area contributed by atoms with Crippen LogP contribution in [0.25, 0.3) is 0 Å². The van der Waals surface area contributed by atoms with Crippen molar-refractivity contribution < 1.29 is 19.1 Å². The lowest BCUT2D eigenvalue weighted by Crippen LogP contribution is -2.34. The highest BCUT2D eigenvalue weighted by Gasteiger charge is 2.28. The van der Waals surface area contributed by atoms with Gasteiger partial charge in [-0.3, -0.25) is 9.59 Å². The molecular weight excluding hydrogens is 246 g/mol. The van der Waals surface area contributed by atoms with Gasteiger partial charge >= 0.3 is 11.9 Å². The first-order chi connectivity index (χ1) is 8.81. The fourth-order valence-corrected chi connectivity index (χ4v) is 2.09. The van der Waals surface area contributed by atoms with E-state index in [0.29, 0.717) is 0 Å². The van der Waals surface area contributed by atoms with Gasteiger partial charge in [0.1, 0.15) is 11.7 Å². The normalized spacial score (nSPS) is 18.1. The van der Waals surface area contributed by atoms with E-state index in [1.54, 1.807) is 20.8 Å². The SMILES string of the molecule is CC(C)(C)OC(=O)C(CN)CC(=O)OC1CCCC1. The Morgan fingerprint density at radius 2 is 1.84 bits per heavy atom. The predicted molar refractivity (Wildman–Crippen MR) is 71.4 cm³/mol. The maximum Gasteiger partial charge on any atom is 0.311 e. The van der Waals surface area contributed by atoms with E-state index in [1.165, 1.54) is 0 Å².